The largest absolute Gasteiger partial charge is 0.409 e. The highest BCUT2D eigenvalue weighted by Crippen LogP contribution is 2.22. The quantitative estimate of drug-likeness (QED) is 0.382. The maximum atomic E-state index is 13.4. The Morgan fingerprint density at radius 1 is 1.30 bits per heavy atom. The third kappa shape index (κ3) is 4.63. The SMILES string of the molecule is CC[NH+](Cc1cccc(F)c1)Cn1nc(-c2cccc([N+](=O)[O-])c2)oc1=S. The van der Waals surface area contributed by atoms with Gasteiger partial charge < -0.3 is 9.32 Å². The molecule has 1 atom stereocenters. The number of rotatable bonds is 7. The van der Waals surface area contributed by atoms with Crippen LogP contribution in [-0.4, -0.2) is 21.2 Å². The van der Waals surface area contributed by atoms with Crippen LogP contribution >= 0.6 is 12.2 Å². The fraction of sp³-hybridized carbons (Fsp3) is 0.222. The number of aromatic nitrogens is 2. The van der Waals surface area contributed by atoms with E-state index in [0.29, 0.717) is 18.8 Å². The molecular formula is C18H18FN4O3S+. The fourth-order valence-electron chi connectivity index (χ4n) is 2.72. The number of nitrogens with one attached hydrogen (secondary N) is 1. The second-order valence-corrected chi connectivity index (χ2v) is 6.40. The number of non-ortho nitro benzene ring substituents is 1. The monoisotopic (exact) mass is 389 g/mol. The van der Waals surface area contributed by atoms with Crippen molar-refractivity contribution < 1.29 is 18.6 Å². The zero-order valence-electron chi connectivity index (χ0n) is 14.6. The second kappa shape index (κ2) is 8.19. The molecule has 0 bridgehead atoms. The van der Waals surface area contributed by atoms with Crippen LogP contribution in [0.2, 0.25) is 0 Å². The van der Waals surface area contributed by atoms with Gasteiger partial charge in [-0.05, 0) is 37.3 Å². The van der Waals surface area contributed by atoms with Crippen molar-refractivity contribution >= 4 is 17.9 Å². The molecule has 27 heavy (non-hydrogen) atoms. The zero-order chi connectivity index (χ0) is 19.4. The molecular weight excluding hydrogens is 371 g/mol. The highest BCUT2D eigenvalue weighted by molar-refractivity contribution is 7.71. The molecule has 140 valence electrons. The lowest BCUT2D eigenvalue weighted by Gasteiger charge is -2.17. The summed E-state index contributed by atoms with van der Waals surface area (Å²) in [7, 11) is 0. The first-order chi connectivity index (χ1) is 13.0. The van der Waals surface area contributed by atoms with Crippen LogP contribution in [0, 0.1) is 20.8 Å². The topological polar surface area (TPSA) is 78.5 Å². The smallest absolute Gasteiger partial charge is 0.292 e. The Labute approximate surface area is 159 Å². The summed E-state index contributed by atoms with van der Waals surface area (Å²) in [5, 5.41) is 15.3. The van der Waals surface area contributed by atoms with Gasteiger partial charge in [-0.3, -0.25) is 10.1 Å². The van der Waals surface area contributed by atoms with E-state index in [-0.39, 0.29) is 22.2 Å². The van der Waals surface area contributed by atoms with Gasteiger partial charge in [-0.25, -0.2) is 4.39 Å². The molecule has 1 heterocycles. The lowest BCUT2D eigenvalue weighted by atomic mass is 10.2. The molecule has 3 rings (SSSR count). The summed E-state index contributed by atoms with van der Waals surface area (Å²) >= 11 is 5.24. The van der Waals surface area contributed by atoms with Crippen LogP contribution in [0.3, 0.4) is 0 Å². The van der Waals surface area contributed by atoms with Crippen molar-refractivity contribution in [3.05, 3.63) is 74.9 Å². The first kappa shape index (κ1) is 18.9. The molecule has 2 aromatic carbocycles. The van der Waals surface area contributed by atoms with Crippen molar-refractivity contribution in [3.8, 4) is 11.5 Å². The van der Waals surface area contributed by atoms with E-state index in [2.05, 4.69) is 5.10 Å². The molecule has 1 aromatic heterocycles. The zero-order valence-corrected chi connectivity index (χ0v) is 15.4. The molecule has 0 aliphatic heterocycles. The second-order valence-electron chi connectivity index (χ2n) is 6.05. The number of quaternary nitrogens is 1. The molecule has 0 saturated heterocycles. The van der Waals surface area contributed by atoms with Crippen molar-refractivity contribution in [3.63, 3.8) is 0 Å². The summed E-state index contributed by atoms with van der Waals surface area (Å²) < 4.78 is 20.5. The molecule has 9 heteroatoms. The summed E-state index contributed by atoms with van der Waals surface area (Å²) in [5.74, 6) is -0.0427. The molecule has 0 amide bonds. The van der Waals surface area contributed by atoms with Gasteiger partial charge in [0, 0.05) is 23.3 Å². The summed E-state index contributed by atoms with van der Waals surface area (Å²) in [6.45, 7) is 3.83. The predicted octanol–water partition coefficient (Wildman–Crippen LogP) is 2.98. The van der Waals surface area contributed by atoms with Crippen LogP contribution in [-0.2, 0) is 13.2 Å². The van der Waals surface area contributed by atoms with Gasteiger partial charge in [0.2, 0.25) is 5.89 Å². The van der Waals surface area contributed by atoms with Crippen LogP contribution in [0.1, 0.15) is 12.5 Å². The van der Waals surface area contributed by atoms with E-state index in [1.807, 2.05) is 13.0 Å². The molecule has 3 aromatic rings. The van der Waals surface area contributed by atoms with E-state index in [9.17, 15) is 14.5 Å². The van der Waals surface area contributed by atoms with Crippen molar-refractivity contribution in [2.45, 2.75) is 20.1 Å². The van der Waals surface area contributed by atoms with Crippen molar-refractivity contribution in [1.29, 1.82) is 0 Å². The first-order valence-electron chi connectivity index (χ1n) is 8.37. The molecule has 1 N–H and O–H groups in total. The third-order valence-corrected chi connectivity index (χ3v) is 4.42. The predicted molar refractivity (Wildman–Crippen MR) is 99.0 cm³/mol. The number of hydrogen-bond acceptors (Lipinski definition) is 5. The highest BCUT2D eigenvalue weighted by atomic mass is 32.1. The molecule has 7 nitrogen and oxygen atoms in total. The molecule has 0 radical (unpaired) electrons. The van der Waals surface area contributed by atoms with Crippen LogP contribution in [0.25, 0.3) is 11.5 Å². The molecule has 0 fully saturated rings. The normalized spacial score (nSPS) is 12.1. The molecule has 0 spiro atoms. The molecule has 0 saturated carbocycles. The molecule has 1 unspecified atom stereocenters. The standard InChI is InChI=1S/C18H17FN4O3S/c1-2-21(11-13-5-3-7-15(19)9-13)12-22-18(27)26-17(20-22)14-6-4-8-16(10-14)23(24)25/h3-10H,2,11-12H2,1H3/p+1. The van der Waals surface area contributed by atoms with E-state index >= 15 is 0 Å². The summed E-state index contributed by atoms with van der Waals surface area (Å²) in [4.78, 5) is 11.8. The van der Waals surface area contributed by atoms with E-state index in [1.54, 1.807) is 22.9 Å². The highest BCUT2D eigenvalue weighted by Gasteiger charge is 2.16. The van der Waals surface area contributed by atoms with E-state index in [1.165, 1.54) is 24.3 Å². The van der Waals surface area contributed by atoms with Gasteiger partial charge in [0.1, 0.15) is 12.4 Å². The first-order valence-corrected chi connectivity index (χ1v) is 8.78. The molecule has 0 aliphatic rings. The van der Waals surface area contributed by atoms with Gasteiger partial charge in [0.25, 0.3) is 10.5 Å². The van der Waals surface area contributed by atoms with Crippen LogP contribution in [0.4, 0.5) is 10.1 Å². The Hall–Kier alpha value is -2.91. The van der Waals surface area contributed by atoms with Crippen LogP contribution < -0.4 is 4.90 Å². The lowest BCUT2D eigenvalue weighted by molar-refractivity contribution is -0.935. The average molecular weight is 389 g/mol. The number of nitro groups is 1. The Bertz CT molecular complexity index is 1020. The van der Waals surface area contributed by atoms with Gasteiger partial charge in [-0.2, -0.15) is 4.68 Å². The van der Waals surface area contributed by atoms with Gasteiger partial charge >= 0.3 is 0 Å². The Morgan fingerprint density at radius 3 is 2.78 bits per heavy atom. The number of hydrogen-bond donors (Lipinski definition) is 1. The maximum absolute atomic E-state index is 13.4. The summed E-state index contributed by atoms with van der Waals surface area (Å²) in [5.41, 5.74) is 1.31. The summed E-state index contributed by atoms with van der Waals surface area (Å²) in [6, 6.07) is 12.5. The van der Waals surface area contributed by atoms with E-state index in [0.717, 1.165) is 17.0 Å². The van der Waals surface area contributed by atoms with Gasteiger partial charge in [0.15, 0.2) is 6.67 Å². The van der Waals surface area contributed by atoms with Crippen molar-refractivity contribution in [2.75, 3.05) is 6.54 Å². The van der Waals surface area contributed by atoms with Gasteiger partial charge in [0.05, 0.1) is 11.5 Å². The minimum Gasteiger partial charge on any atom is -0.409 e. The third-order valence-electron chi connectivity index (χ3n) is 4.13. The van der Waals surface area contributed by atoms with Crippen molar-refractivity contribution in [1.82, 2.24) is 9.78 Å². The average Bonchev–Trinajstić information content (AvgIpc) is 3.02. The Kier molecular flexibility index (Phi) is 5.72. The minimum absolute atomic E-state index is 0.0462. The number of benzene rings is 2. The summed E-state index contributed by atoms with van der Waals surface area (Å²) in [6.07, 6.45) is 0. The number of halogens is 1. The van der Waals surface area contributed by atoms with Crippen molar-refractivity contribution in [2.24, 2.45) is 0 Å². The fourth-order valence-corrected chi connectivity index (χ4v) is 2.90. The number of nitrogens with zero attached hydrogens (tertiary/aromatic N) is 3. The Morgan fingerprint density at radius 2 is 2.07 bits per heavy atom. The number of nitro benzene ring substituents is 1. The Balaban J connectivity index is 1.80. The van der Waals surface area contributed by atoms with Crippen LogP contribution in [0.5, 0.6) is 0 Å². The van der Waals surface area contributed by atoms with E-state index < -0.39 is 4.92 Å². The van der Waals surface area contributed by atoms with Crippen LogP contribution in [0.15, 0.2) is 52.9 Å². The minimum atomic E-state index is -0.475. The lowest BCUT2D eigenvalue weighted by Crippen LogP contribution is -3.09. The molecule has 0 aliphatic carbocycles. The van der Waals surface area contributed by atoms with E-state index in [4.69, 9.17) is 16.6 Å². The van der Waals surface area contributed by atoms with Gasteiger partial charge in [-0.1, -0.05) is 18.2 Å². The van der Waals surface area contributed by atoms with Gasteiger partial charge in [-0.15, -0.1) is 5.10 Å². The maximum Gasteiger partial charge on any atom is 0.292 e.